The van der Waals surface area contributed by atoms with E-state index in [1.165, 1.54) is 0 Å². The highest BCUT2D eigenvalue weighted by Crippen LogP contribution is 2.23. The fraction of sp³-hybridized carbons (Fsp3) is 0.364. The maximum absolute atomic E-state index is 11.3. The first-order valence-corrected chi connectivity index (χ1v) is 5.80. The van der Waals surface area contributed by atoms with E-state index in [0.29, 0.717) is 5.56 Å². The van der Waals surface area contributed by atoms with Crippen LogP contribution in [-0.2, 0) is 0 Å². The molecule has 1 aromatic carbocycles. The van der Waals surface area contributed by atoms with Crippen LogP contribution in [0.25, 0.3) is 0 Å². The predicted molar refractivity (Wildman–Crippen MR) is 69.9 cm³/mol. The molecule has 1 amide bonds. The predicted octanol–water partition coefficient (Wildman–Crippen LogP) is 1.20. The maximum atomic E-state index is 11.3. The Morgan fingerprint density at radius 2 is 2.25 bits per heavy atom. The van der Waals surface area contributed by atoms with Crippen LogP contribution in [-0.4, -0.2) is 33.1 Å². The van der Waals surface area contributed by atoms with E-state index in [4.69, 9.17) is 5.73 Å². The van der Waals surface area contributed by atoms with Crippen molar-refractivity contribution in [3.05, 3.63) is 28.2 Å². The van der Waals surface area contributed by atoms with Crippen LogP contribution in [0.2, 0.25) is 0 Å². The molecule has 0 saturated carbocycles. The number of anilines is 1. The highest BCUT2D eigenvalue weighted by molar-refractivity contribution is 9.10. The summed E-state index contributed by atoms with van der Waals surface area (Å²) in [6.07, 6.45) is 0. The first kappa shape index (κ1) is 13.0. The van der Waals surface area contributed by atoms with Crippen LogP contribution in [0.3, 0.4) is 0 Å². The van der Waals surface area contributed by atoms with Crippen LogP contribution in [0.4, 0.5) is 5.69 Å². The molecule has 0 aliphatic rings. The van der Waals surface area contributed by atoms with Crippen molar-refractivity contribution in [3.8, 4) is 0 Å². The van der Waals surface area contributed by atoms with Gasteiger partial charge in [0.15, 0.2) is 0 Å². The zero-order chi connectivity index (χ0) is 12.1. The molecule has 0 aliphatic carbocycles. The Labute approximate surface area is 104 Å². The lowest BCUT2D eigenvalue weighted by atomic mass is 10.1. The average Bonchev–Trinajstić information content (AvgIpc) is 2.25. The number of nitrogens with zero attached hydrogens (tertiary/aromatic N) is 1. The number of primary amides is 1. The summed E-state index contributed by atoms with van der Waals surface area (Å²) in [4.78, 5) is 13.3. The Kier molecular flexibility index (Phi) is 4.76. The molecule has 1 aromatic rings. The SMILES string of the molecule is CNCCN(C)c1ccc(Br)cc1C(N)=O. The molecule has 0 aromatic heterocycles. The molecule has 0 radical (unpaired) electrons. The molecule has 0 bridgehead atoms. The van der Waals surface area contributed by atoms with Gasteiger partial charge in [-0.2, -0.15) is 0 Å². The van der Waals surface area contributed by atoms with Gasteiger partial charge in [-0.05, 0) is 25.2 Å². The van der Waals surface area contributed by atoms with E-state index in [-0.39, 0.29) is 0 Å². The largest absolute Gasteiger partial charge is 0.373 e. The number of hydrogen-bond donors (Lipinski definition) is 2. The number of hydrogen-bond acceptors (Lipinski definition) is 3. The number of halogens is 1. The Bertz CT molecular complexity index is 381. The summed E-state index contributed by atoms with van der Waals surface area (Å²) in [5.74, 6) is -0.410. The second-order valence-corrected chi connectivity index (χ2v) is 4.47. The molecule has 0 saturated heterocycles. The maximum Gasteiger partial charge on any atom is 0.250 e. The molecule has 3 N–H and O–H groups in total. The molecule has 88 valence electrons. The van der Waals surface area contributed by atoms with E-state index in [1.807, 2.05) is 31.1 Å². The number of nitrogens with two attached hydrogens (primary N) is 1. The van der Waals surface area contributed by atoms with Crippen molar-refractivity contribution in [2.75, 3.05) is 32.1 Å². The van der Waals surface area contributed by atoms with Crippen molar-refractivity contribution in [3.63, 3.8) is 0 Å². The lowest BCUT2D eigenvalue weighted by molar-refractivity contribution is 0.100. The third-order valence-corrected chi connectivity index (χ3v) is 2.83. The smallest absolute Gasteiger partial charge is 0.250 e. The number of carbonyl (C=O) groups is 1. The highest BCUT2D eigenvalue weighted by Gasteiger charge is 2.11. The molecule has 5 heteroatoms. The van der Waals surface area contributed by atoms with E-state index < -0.39 is 5.91 Å². The fourth-order valence-corrected chi connectivity index (χ4v) is 1.80. The second-order valence-electron chi connectivity index (χ2n) is 3.55. The van der Waals surface area contributed by atoms with Gasteiger partial charge < -0.3 is 16.0 Å². The molecule has 4 nitrogen and oxygen atoms in total. The van der Waals surface area contributed by atoms with Crippen molar-refractivity contribution < 1.29 is 4.79 Å². The first-order valence-electron chi connectivity index (χ1n) is 5.01. The van der Waals surface area contributed by atoms with Crippen LogP contribution in [0, 0.1) is 0 Å². The quantitative estimate of drug-likeness (QED) is 0.855. The Balaban J connectivity index is 2.98. The second kappa shape index (κ2) is 5.86. The van der Waals surface area contributed by atoms with Crippen LogP contribution >= 0.6 is 15.9 Å². The molecule has 0 fully saturated rings. The number of nitrogens with one attached hydrogen (secondary N) is 1. The van der Waals surface area contributed by atoms with Gasteiger partial charge in [0.2, 0.25) is 0 Å². The molecule has 1 rings (SSSR count). The van der Waals surface area contributed by atoms with Crippen molar-refractivity contribution in [1.82, 2.24) is 5.32 Å². The topological polar surface area (TPSA) is 58.4 Å². The molecule has 16 heavy (non-hydrogen) atoms. The number of carbonyl (C=O) groups excluding carboxylic acids is 1. The molecule has 0 spiro atoms. The number of benzene rings is 1. The van der Waals surface area contributed by atoms with Crippen molar-refractivity contribution in [2.24, 2.45) is 5.73 Å². The Morgan fingerprint density at radius 1 is 1.56 bits per heavy atom. The Morgan fingerprint density at radius 3 is 2.81 bits per heavy atom. The molecule has 0 heterocycles. The fourth-order valence-electron chi connectivity index (χ4n) is 1.44. The summed E-state index contributed by atoms with van der Waals surface area (Å²) in [6.45, 7) is 1.67. The van der Waals surface area contributed by atoms with Crippen molar-refractivity contribution in [2.45, 2.75) is 0 Å². The van der Waals surface area contributed by atoms with Crippen LogP contribution in [0.1, 0.15) is 10.4 Å². The molecule has 0 atom stereocenters. The minimum Gasteiger partial charge on any atom is -0.373 e. The summed E-state index contributed by atoms with van der Waals surface area (Å²) < 4.78 is 0.854. The number of rotatable bonds is 5. The van der Waals surface area contributed by atoms with E-state index >= 15 is 0 Å². The number of amides is 1. The van der Waals surface area contributed by atoms with E-state index in [9.17, 15) is 4.79 Å². The number of likely N-dealkylation sites (N-methyl/N-ethyl adjacent to an activating group) is 2. The minimum absolute atomic E-state index is 0.410. The lowest BCUT2D eigenvalue weighted by Gasteiger charge is -2.21. The normalized spacial score (nSPS) is 10.2. The van der Waals surface area contributed by atoms with E-state index in [2.05, 4.69) is 21.2 Å². The van der Waals surface area contributed by atoms with Gasteiger partial charge in [-0.1, -0.05) is 15.9 Å². The van der Waals surface area contributed by atoms with Crippen LogP contribution < -0.4 is 16.0 Å². The molecule has 0 unspecified atom stereocenters. The van der Waals surface area contributed by atoms with Gasteiger partial charge in [-0.25, -0.2) is 0 Å². The Hall–Kier alpha value is -1.07. The lowest BCUT2D eigenvalue weighted by Crippen LogP contribution is -2.29. The minimum atomic E-state index is -0.410. The van der Waals surface area contributed by atoms with Gasteiger partial charge in [-0.3, -0.25) is 4.79 Å². The highest BCUT2D eigenvalue weighted by atomic mass is 79.9. The van der Waals surface area contributed by atoms with Crippen molar-refractivity contribution >= 4 is 27.5 Å². The van der Waals surface area contributed by atoms with E-state index in [0.717, 1.165) is 23.2 Å². The summed E-state index contributed by atoms with van der Waals surface area (Å²) in [6, 6.07) is 5.53. The molecule has 0 aliphatic heterocycles. The van der Waals surface area contributed by atoms with Crippen LogP contribution in [0.5, 0.6) is 0 Å². The van der Waals surface area contributed by atoms with Gasteiger partial charge in [0.05, 0.1) is 5.56 Å². The standard InChI is InChI=1S/C11H16BrN3O/c1-14-5-6-15(2)10-4-3-8(12)7-9(10)11(13)16/h3-4,7,14H,5-6H2,1-2H3,(H2,13,16). The van der Waals surface area contributed by atoms with Gasteiger partial charge in [0, 0.05) is 30.3 Å². The summed E-state index contributed by atoms with van der Waals surface area (Å²) >= 11 is 3.33. The first-order chi connectivity index (χ1) is 7.56. The third kappa shape index (κ3) is 3.21. The third-order valence-electron chi connectivity index (χ3n) is 2.33. The molecular formula is C11H16BrN3O. The summed E-state index contributed by atoms with van der Waals surface area (Å²) in [7, 11) is 3.83. The van der Waals surface area contributed by atoms with E-state index in [1.54, 1.807) is 6.07 Å². The monoisotopic (exact) mass is 285 g/mol. The average molecular weight is 286 g/mol. The van der Waals surface area contributed by atoms with Gasteiger partial charge in [0.1, 0.15) is 0 Å². The zero-order valence-electron chi connectivity index (χ0n) is 9.46. The van der Waals surface area contributed by atoms with Crippen molar-refractivity contribution in [1.29, 1.82) is 0 Å². The summed E-state index contributed by atoms with van der Waals surface area (Å²) in [5, 5.41) is 3.06. The van der Waals surface area contributed by atoms with Crippen LogP contribution in [0.15, 0.2) is 22.7 Å². The van der Waals surface area contributed by atoms with Gasteiger partial charge in [0.25, 0.3) is 5.91 Å². The zero-order valence-corrected chi connectivity index (χ0v) is 11.0. The summed E-state index contributed by atoms with van der Waals surface area (Å²) in [5.41, 5.74) is 6.74. The van der Waals surface area contributed by atoms with Gasteiger partial charge in [-0.15, -0.1) is 0 Å². The molecular weight excluding hydrogens is 270 g/mol. The van der Waals surface area contributed by atoms with Gasteiger partial charge >= 0.3 is 0 Å².